The molecule has 86 heavy (non-hydrogen) atoms. The third-order valence-corrected chi connectivity index (χ3v) is 18.0. The lowest BCUT2D eigenvalue weighted by atomic mass is 9.99. The fraction of sp³-hybridized carbons (Fsp3) is 0.940. The van der Waals surface area contributed by atoms with Crippen molar-refractivity contribution in [3.63, 3.8) is 0 Å². The van der Waals surface area contributed by atoms with Gasteiger partial charge < -0.3 is 33.8 Å². The summed E-state index contributed by atoms with van der Waals surface area (Å²) in [5.41, 5.74) is 0. The number of aliphatic hydroxyl groups excluding tert-OH is 1. The molecule has 19 heteroatoms. The number of phosphoric acid groups is 2. The number of carbonyl (C=O) groups is 4. The molecule has 0 saturated carbocycles. The molecule has 0 rings (SSSR count). The molecular formula is C67H130O17P2. The van der Waals surface area contributed by atoms with Gasteiger partial charge in [0, 0.05) is 25.7 Å². The van der Waals surface area contributed by atoms with E-state index in [4.69, 9.17) is 37.0 Å². The smallest absolute Gasteiger partial charge is 0.462 e. The van der Waals surface area contributed by atoms with Crippen LogP contribution in [0.15, 0.2) is 0 Å². The van der Waals surface area contributed by atoms with Crippen LogP contribution in [-0.4, -0.2) is 96.7 Å². The number of carbonyl (C=O) groups excluding carboxylic acids is 4. The fourth-order valence-corrected chi connectivity index (χ4v) is 11.5. The summed E-state index contributed by atoms with van der Waals surface area (Å²) in [4.78, 5) is 72.3. The fourth-order valence-electron chi connectivity index (χ4n) is 9.95. The molecule has 0 spiro atoms. The Morgan fingerprint density at radius 1 is 0.337 bits per heavy atom. The number of rotatable bonds is 65. The van der Waals surface area contributed by atoms with Gasteiger partial charge >= 0.3 is 39.5 Å². The van der Waals surface area contributed by atoms with Crippen molar-refractivity contribution in [1.82, 2.24) is 0 Å². The third kappa shape index (κ3) is 58.4. The monoisotopic (exact) mass is 1270 g/mol. The summed E-state index contributed by atoms with van der Waals surface area (Å²) in [7, 11) is -9.89. The van der Waals surface area contributed by atoms with Gasteiger partial charge in [0.25, 0.3) is 0 Å². The Morgan fingerprint density at radius 2 is 0.593 bits per heavy atom. The number of esters is 4. The molecule has 0 amide bonds. The average molecular weight is 1270 g/mol. The Morgan fingerprint density at radius 3 is 0.884 bits per heavy atom. The Hall–Kier alpha value is -1.94. The summed E-state index contributed by atoms with van der Waals surface area (Å²) in [6, 6.07) is 0. The van der Waals surface area contributed by atoms with E-state index >= 15 is 0 Å². The molecule has 0 heterocycles. The first kappa shape index (κ1) is 84.1. The first-order valence-electron chi connectivity index (χ1n) is 34.9. The molecule has 4 unspecified atom stereocenters. The van der Waals surface area contributed by atoms with Crippen molar-refractivity contribution in [3.8, 4) is 0 Å². The second kappa shape index (κ2) is 58.2. The highest BCUT2D eigenvalue weighted by Gasteiger charge is 2.30. The van der Waals surface area contributed by atoms with Gasteiger partial charge in [-0.15, -0.1) is 0 Å². The number of aliphatic hydroxyl groups is 1. The van der Waals surface area contributed by atoms with E-state index in [1.807, 2.05) is 0 Å². The predicted octanol–water partition coefficient (Wildman–Crippen LogP) is 18.7. The van der Waals surface area contributed by atoms with Crippen molar-refractivity contribution in [2.45, 2.75) is 349 Å². The summed E-state index contributed by atoms with van der Waals surface area (Å²) >= 11 is 0. The van der Waals surface area contributed by atoms with Crippen molar-refractivity contribution in [3.05, 3.63) is 0 Å². The molecule has 0 aromatic carbocycles. The highest BCUT2D eigenvalue weighted by Crippen LogP contribution is 2.45. The zero-order valence-electron chi connectivity index (χ0n) is 55.8. The molecular weight excluding hydrogens is 1140 g/mol. The summed E-state index contributed by atoms with van der Waals surface area (Å²) in [5.74, 6) is 0.170. The number of ether oxygens (including phenoxy) is 4. The van der Waals surface area contributed by atoms with Gasteiger partial charge in [0.05, 0.1) is 26.4 Å². The standard InChI is InChI=1S/C67H130O17P2/c1-8-11-12-13-24-34-41-48-64(69)77-54-63(84-67(72)51-44-37-30-29-33-40-47-60(7)10-3)57-82-86(75,76)80-53-61(68)52-79-85(73,74)81-56-62(55-78-65(70)49-42-35-27-22-19-18-21-26-32-39-46-59(6)9-2)83-66(71)50-43-36-28-23-17-15-14-16-20-25-31-38-45-58(4)5/h58-63,68H,8-57H2,1-7H3,(H,73,74)(H,75,76)/t59?,60?,61-,62-,63-/m1/s1. The normalized spacial score (nSPS) is 14.9. The maximum Gasteiger partial charge on any atom is 0.472 e. The van der Waals surface area contributed by atoms with Crippen LogP contribution in [0.2, 0.25) is 0 Å². The molecule has 0 fully saturated rings. The molecule has 0 saturated heterocycles. The van der Waals surface area contributed by atoms with Crippen molar-refractivity contribution >= 4 is 39.5 Å². The SMILES string of the molecule is CCCCCCCCCC(=O)OC[C@H](COP(=O)(O)OC[C@H](O)COP(=O)(O)OC[C@@H](COC(=O)CCCCCCCCCCCCC(C)CC)OC(=O)CCCCCCCCCCCCCCC(C)C)OC(=O)CCCCCCCCC(C)CC. The maximum absolute atomic E-state index is 13.0. The molecule has 0 radical (unpaired) electrons. The minimum absolute atomic E-state index is 0.102. The van der Waals surface area contributed by atoms with Crippen molar-refractivity contribution in [2.75, 3.05) is 39.6 Å². The third-order valence-electron chi connectivity index (χ3n) is 16.1. The Kier molecular flexibility index (Phi) is 56.9. The van der Waals surface area contributed by atoms with E-state index in [1.165, 1.54) is 128 Å². The number of phosphoric ester groups is 2. The second-order valence-electron chi connectivity index (χ2n) is 25.2. The molecule has 0 aromatic heterocycles. The molecule has 17 nitrogen and oxygen atoms in total. The average Bonchev–Trinajstić information content (AvgIpc) is 3.69. The van der Waals surface area contributed by atoms with Crippen LogP contribution in [0.3, 0.4) is 0 Å². The number of unbranched alkanes of at least 4 members (excludes halogenated alkanes) is 31. The molecule has 0 aliphatic heterocycles. The first-order chi connectivity index (χ1) is 41.3. The van der Waals surface area contributed by atoms with E-state index in [1.54, 1.807) is 0 Å². The van der Waals surface area contributed by atoms with Crippen molar-refractivity contribution < 1.29 is 80.2 Å². The van der Waals surface area contributed by atoms with Crippen molar-refractivity contribution in [1.29, 1.82) is 0 Å². The van der Waals surface area contributed by atoms with Gasteiger partial charge in [0.1, 0.15) is 19.3 Å². The van der Waals surface area contributed by atoms with Crippen LogP contribution in [0.1, 0.15) is 331 Å². The molecule has 0 aliphatic rings. The van der Waals surface area contributed by atoms with Crippen LogP contribution < -0.4 is 0 Å². The highest BCUT2D eigenvalue weighted by molar-refractivity contribution is 7.47. The van der Waals surface area contributed by atoms with Gasteiger partial charge in [0.2, 0.25) is 0 Å². The van der Waals surface area contributed by atoms with Gasteiger partial charge in [-0.05, 0) is 43.4 Å². The summed E-state index contributed by atoms with van der Waals surface area (Å²) in [5, 5.41) is 10.5. The van der Waals surface area contributed by atoms with Crippen molar-refractivity contribution in [2.24, 2.45) is 17.8 Å². The van der Waals surface area contributed by atoms with Crippen LogP contribution in [0.5, 0.6) is 0 Å². The van der Waals surface area contributed by atoms with E-state index in [0.29, 0.717) is 25.7 Å². The topological polar surface area (TPSA) is 237 Å². The lowest BCUT2D eigenvalue weighted by Gasteiger charge is -2.21. The maximum atomic E-state index is 13.0. The Labute approximate surface area is 524 Å². The molecule has 3 N–H and O–H groups in total. The Balaban J connectivity index is 5.23. The molecule has 0 aliphatic carbocycles. The van der Waals surface area contributed by atoms with E-state index < -0.39 is 97.5 Å². The summed E-state index contributed by atoms with van der Waals surface area (Å²) in [6.07, 6.45) is 40.4. The quantitative estimate of drug-likeness (QED) is 0.0222. The zero-order chi connectivity index (χ0) is 63.8. The molecule has 0 aromatic rings. The lowest BCUT2D eigenvalue weighted by molar-refractivity contribution is -0.161. The van der Waals surface area contributed by atoms with E-state index in [0.717, 1.165) is 120 Å². The van der Waals surface area contributed by atoms with Gasteiger partial charge in [-0.2, -0.15) is 0 Å². The van der Waals surface area contributed by atoms with E-state index in [2.05, 4.69) is 48.5 Å². The van der Waals surface area contributed by atoms with Gasteiger partial charge in [-0.25, -0.2) is 9.13 Å². The van der Waals surface area contributed by atoms with Gasteiger partial charge in [-0.1, -0.05) is 280 Å². The van der Waals surface area contributed by atoms with Crippen LogP contribution in [0, 0.1) is 17.8 Å². The highest BCUT2D eigenvalue weighted by atomic mass is 31.2. The van der Waals surface area contributed by atoms with Crippen LogP contribution in [0.4, 0.5) is 0 Å². The van der Waals surface area contributed by atoms with Crippen LogP contribution >= 0.6 is 15.6 Å². The van der Waals surface area contributed by atoms with Gasteiger partial charge in [0.15, 0.2) is 12.2 Å². The van der Waals surface area contributed by atoms with Crippen LogP contribution in [0.25, 0.3) is 0 Å². The lowest BCUT2D eigenvalue weighted by Crippen LogP contribution is -2.30. The summed E-state index contributed by atoms with van der Waals surface area (Å²) in [6.45, 7) is 11.8. The van der Waals surface area contributed by atoms with Gasteiger partial charge in [-0.3, -0.25) is 37.3 Å². The van der Waals surface area contributed by atoms with E-state index in [-0.39, 0.29) is 25.7 Å². The predicted molar refractivity (Wildman–Crippen MR) is 344 cm³/mol. The zero-order valence-corrected chi connectivity index (χ0v) is 57.6. The first-order valence-corrected chi connectivity index (χ1v) is 37.9. The second-order valence-corrected chi connectivity index (χ2v) is 28.1. The number of hydrogen-bond donors (Lipinski definition) is 3. The Bertz CT molecular complexity index is 1700. The van der Waals surface area contributed by atoms with Crippen LogP contribution in [-0.2, 0) is 65.4 Å². The number of hydrogen-bond acceptors (Lipinski definition) is 15. The van der Waals surface area contributed by atoms with E-state index in [9.17, 15) is 43.2 Å². The molecule has 0 bridgehead atoms. The molecule has 7 atom stereocenters. The minimum Gasteiger partial charge on any atom is -0.462 e. The molecule has 510 valence electrons. The summed E-state index contributed by atoms with van der Waals surface area (Å²) < 4.78 is 68.1. The minimum atomic E-state index is -4.95. The largest absolute Gasteiger partial charge is 0.472 e.